The summed E-state index contributed by atoms with van der Waals surface area (Å²) in [6.07, 6.45) is 6.02. The molecule has 14 nitrogen and oxygen atoms in total. The van der Waals surface area contributed by atoms with Gasteiger partial charge in [0, 0.05) is 56.4 Å². The number of aliphatic imine (C=N–C) groups is 1. The lowest BCUT2D eigenvalue weighted by Gasteiger charge is -2.18. The van der Waals surface area contributed by atoms with Crippen molar-refractivity contribution in [1.29, 1.82) is 0 Å². The minimum atomic E-state index is 0.160. The number of nitrogens with one attached hydrogen (secondary N) is 2. The molecule has 0 atom stereocenters. The van der Waals surface area contributed by atoms with Gasteiger partial charge in [0.05, 0.1) is 70.6 Å². The SMILES string of the molecule is CCCN(CC)CC(=O)Cc1cc(Oc2ccc(NC)c(N)c2)ccn1.CCCN(CC)CC(=O)Cc1cc(Oc2ccc3c(c2)nc(Nc2ccc(C)cc2)n3C)ccn1.Cc1ccc(N=C=S)cc1. The number of nitrogens with two attached hydrogens (primary N) is 1. The highest BCUT2D eigenvalue weighted by Gasteiger charge is 2.14. The number of fused-ring (bicyclic) bond motifs is 1. The molecule has 0 amide bonds. The number of hydrogen-bond acceptors (Lipinski definition) is 14. The number of anilines is 4. The molecule has 0 bridgehead atoms. The number of hydrogen-bond donors (Lipinski definition) is 3. The monoisotopic (exact) mass is 977 g/mol. The molecule has 7 rings (SSSR count). The van der Waals surface area contributed by atoms with Crippen LogP contribution in [0.5, 0.6) is 23.0 Å². The normalized spacial score (nSPS) is 10.7. The summed E-state index contributed by atoms with van der Waals surface area (Å²) in [5.74, 6) is 3.69. The number of pyridine rings is 2. The molecule has 3 aromatic heterocycles. The number of ether oxygens (including phenoxy) is 2. The van der Waals surface area contributed by atoms with Crippen LogP contribution in [0.1, 0.15) is 63.1 Å². The first kappa shape index (κ1) is 54.6. The number of likely N-dealkylation sites (N-methyl/N-ethyl adjacent to an activating group) is 2. The van der Waals surface area contributed by atoms with Crippen molar-refractivity contribution < 1.29 is 19.1 Å². The van der Waals surface area contributed by atoms with Crippen LogP contribution in [0.15, 0.2) is 127 Å². The molecule has 0 saturated carbocycles. The average molecular weight is 977 g/mol. The molecule has 0 unspecified atom stereocenters. The Bertz CT molecular complexity index is 2850. The topological polar surface area (TPSA) is 165 Å². The van der Waals surface area contributed by atoms with E-state index in [0.29, 0.717) is 66.0 Å². The molecular formula is C56H68N10O4S. The average Bonchev–Trinajstić information content (AvgIpc) is 3.66. The van der Waals surface area contributed by atoms with Crippen LogP contribution in [0.3, 0.4) is 0 Å². The molecule has 0 radical (unpaired) electrons. The van der Waals surface area contributed by atoms with Crippen molar-refractivity contribution in [2.24, 2.45) is 12.0 Å². The van der Waals surface area contributed by atoms with Crippen LogP contribution in [0.4, 0.5) is 28.7 Å². The number of imidazole rings is 1. The van der Waals surface area contributed by atoms with E-state index in [9.17, 15) is 9.59 Å². The molecule has 71 heavy (non-hydrogen) atoms. The molecule has 4 N–H and O–H groups in total. The number of isothiocyanates is 1. The number of nitrogens with zero attached hydrogens (tertiary/aromatic N) is 7. The highest BCUT2D eigenvalue weighted by molar-refractivity contribution is 7.78. The van der Waals surface area contributed by atoms with Crippen LogP contribution in [0.2, 0.25) is 0 Å². The highest BCUT2D eigenvalue weighted by Crippen LogP contribution is 2.30. The van der Waals surface area contributed by atoms with E-state index in [-0.39, 0.29) is 11.6 Å². The Kier molecular flexibility index (Phi) is 21.9. The van der Waals surface area contributed by atoms with Gasteiger partial charge < -0.3 is 30.4 Å². The van der Waals surface area contributed by atoms with Crippen molar-refractivity contribution in [1.82, 2.24) is 29.3 Å². The Morgan fingerprint density at radius 1 is 0.704 bits per heavy atom. The Balaban J connectivity index is 0.000000227. The number of thiocarbonyl (C=S) groups is 1. The van der Waals surface area contributed by atoms with E-state index in [2.05, 4.69) is 99.5 Å². The van der Waals surface area contributed by atoms with Gasteiger partial charge in [-0.05, 0) is 126 Å². The van der Waals surface area contributed by atoms with Crippen molar-refractivity contribution in [3.63, 3.8) is 0 Å². The summed E-state index contributed by atoms with van der Waals surface area (Å²) in [5, 5.41) is 8.70. The summed E-state index contributed by atoms with van der Waals surface area (Å²) < 4.78 is 14.0. The number of benzene rings is 4. The number of aromatic nitrogens is 4. The predicted molar refractivity (Wildman–Crippen MR) is 292 cm³/mol. The fourth-order valence-corrected chi connectivity index (χ4v) is 7.58. The largest absolute Gasteiger partial charge is 0.457 e. The van der Waals surface area contributed by atoms with Crippen molar-refractivity contribution in [3.05, 3.63) is 144 Å². The molecular weight excluding hydrogens is 909 g/mol. The second kappa shape index (κ2) is 28.4. The maximum Gasteiger partial charge on any atom is 0.208 e. The third-order valence-corrected chi connectivity index (χ3v) is 11.3. The lowest BCUT2D eigenvalue weighted by molar-refractivity contribution is -0.120. The van der Waals surface area contributed by atoms with Crippen molar-refractivity contribution in [3.8, 4) is 23.0 Å². The Labute approximate surface area is 424 Å². The van der Waals surface area contributed by atoms with Gasteiger partial charge in [0.2, 0.25) is 5.95 Å². The fraction of sp³-hybridized carbons (Fsp3) is 0.321. The lowest BCUT2D eigenvalue weighted by Crippen LogP contribution is -2.31. The van der Waals surface area contributed by atoms with E-state index in [0.717, 1.165) is 73.1 Å². The summed E-state index contributed by atoms with van der Waals surface area (Å²) in [7, 11) is 3.80. The number of ketones is 2. The molecule has 0 saturated heterocycles. The minimum Gasteiger partial charge on any atom is -0.457 e. The Morgan fingerprint density at radius 2 is 1.21 bits per heavy atom. The maximum absolute atomic E-state index is 12.5. The zero-order valence-corrected chi connectivity index (χ0v) is 43.2. The third kappa shape index (κ3) is 17.9. The van der Waals surface area contributed by atoms with Crippen molar-refractivity contribution in [2.45, 2.75) is 67.2 Å². The van der Waals surface area contributed by atoms with Crippen LogP contribution in [0.25, 0.3) is 11.0 Å². The van der Waals surface area contributed by atoms with E-state index in [1.165, 1.54) is 11.1 Å². The summed E-state index contributed by atoms with van der Waals surface area (Å²) in [4.78, 5) is 46.3. The van der Waals surface area contributed by atoms with Gasteiger partial charge >= 0.3 is 0 Å². The van der Waals surface area contributed by atoms with Crippen LogP contribution < -0.4 is 25.8 Å². The summed E-state index contributed by atoms with van der Waals surface area (Å²) in [6.45, 7) is 17.0. The predicted octanol–water partition coefficient (Wildman–Crippen LogP) is 11.7. The van der Waals surface area contributed by atoms with Gasteiger partial charge in [-0.25, -0.2) is 4.98 Å². The smallest absolute Gasteiger partial charge is 0.208 e. The lowest BCUT2D eigenvalue weighted by atomic mass is 10.2. The maximum atomic E-state index is 12.5. The Hall–Kier alpha value is -7.29. The fourth-order valence-electron chi connectivity index (χ4n) is 7.47. The first-order valence-electron chi connectivity index (χ1n) is 24.1. The number of nitrogen functional groups attached to an aromatic ring is 1. The molecule has 0 aliphatic heterocycles. The first-order valence-corrected chi connectivity index (χ1v) is 24.5. The third-order valence-electron chi connectivity index (χ3n) is 11.2. The van der Waals surface area contributed by atoms with Crippen LogP contribution in [-0.4, -0.2) is 92.4 Å². The molecule has 0 spiro atoms. The minimum absolute atomic E-state index is 0.160. The number of carbonyl (C=O) groups excluding carboxylic acids is 2. The van der Waals surface area contributed by atoms with E-state index >= 15 is 0 Å². The summed E-state index contributed by atoms with van der Waals surface area (Å²) in [5.41, 5.74) is 15.0. The molecule has 3 heterocycles. The van der Waals surface area contributed by atoms with E-state index in [1.807, 2.05) is 98.4 Å². The van der Waals surface area contributed by atoms with Gasteiger partial charge in [0.25, 0.3) is 0 Å². The van der Waals surface area contributed by atoms with Gasteiger partial charge in [0.15, 0.2) is 11.6 Å². The molecule has 0 aliphatic carbocycles. The summed E-state index contributed by atoms with van der Waals surface area (Å²) >= 11 is 4.45. The number of Topliss-reactive ketones (excluding diaryl/α,β-unsaturated/α-hetero) is 2. The van der Waals surface area contributed by atoms with Crippen molar-refractivity contribution >= 4 is 68.7 Å². The molecule has 372 valence electrons. The van der Waals surface area contributed by atoms with Gasteiger partial charge in [-0.2, -0.15) is 4.99 Å². The van der Waals surface area contributed by atoms with E-state index in [4.69, 9.17) is 20.2 Å². The van der Waals surface area contributed by atoms with Gasteiger partial charge in [0.1, 0.15) is 23.0 Å². The molecule has 0 aliphatic rings. The summed E-state index contributed by atoms with van der Waals surface area (Å²) in [6, 6.07) is 34.5. The molecule has 4 aromatic carbocycles. The standard InChI is InChI=1S/C28H33N5O2.C20H28N4O2.C8H7NS/c1-5-15-33(6-2)19-23(34)16-22-17-25(13-14-29-22)35-24-11-12-27-26(18-24)31-28(32(27)4)30-21-9-7-20(3)8-10-21;1-4-10-24(5-2)14-16(25)11-15-12-18(8-9-23-15)26-17-6-7-20(22-3)19(21)13-17;1-7-2-4-8(5-3-7)9-6-10/h7-14,17-18H,5-6,15-16,19H2,1-4H3,(H,30,31);6-9,12-13,22H,4-5,10-11,14,21H2,1-3H3;2-5H,1H3. The molecule has 7 aromatic rings. The number of rotatable bonds is 22. The highest BCUT2D eigenvalue weighted by atomic mass is 32.1. The Morgan fingerprint density at radius 3 is 1.70 bits per heavy atom. The molecule has 0 fully saturated rings. The van der Waals surface area contributed by atoms with Crippen LogP contribution in [-0.2, 0) is 29.5 Å². The molecule has 15 heteroatoms. The quantitative estimate of drug-likeness (QED) is 0.0334. The zero-order chi connectivity index (χ0) is 51.1. The van der Waals surface area contributed by atoms with Crippen LogP contribution >= 0.6 is 12.2 Å². The van der Waals surface area contributed by atoms with E-state index < -0.39 is 0 Å². The van der Waals surface area contributed by atoms with Crippen LogP contribution in [0, 0.1) is 13.8 Å². The first-order chi connectivity index (χ1) is 34.3. The second-order valence-electron chi connectivity index (χ2n) is 17.0. The van der Waals surface area contributed by atoms with Gasteiger partial charge in [-0.1, -0.05) is 63.1 Å². The second-order valence-corrected chi connectivity index (χ2v) is 17.2. The number of carbonyl (C=O) groups is 2. The van der Waals surface area contributed by atoms with Gasteiger partial charge in [-0.15, -0.1) is 0 Å². The van der Waals surface area contributed by atoms with Gasteiger partial charge in [-0.3, -0.25) is 29.4 Å². The number of aryl methyl sites for hydroxylation is 3. The van der Waals surface area contributed by atoms with E-state index in [1.54, 1.807) is 36.7 Å². The zero-order valence-electron chi connectivity index (χ0n) is 42.4. The van der Waals surface area contributed by atoms with Crippen molar-refractivity contribution in [2.75, 3.05) is 62.7 Å².